The van der Waals surface area contributed by atoms with Crippen molar-refractivity contribution in [3.05, 3.63) is 83.0 Å². The zero-order chi connectivity index (χ0) is 18.1. The molecule has 3 aromatic rings. The van der Waals surface area contributed by atoms with Gasteiger partial charge in [0.25, 0.3) is 0 Å². The molecule has 0 spiro atoms. The van der Waals surface area contributed by atoms with Crippen LogP contribution in [0.25, 0.3) is 10.9 Å². The van der Waals surface area contributed by atoms with Crippen LogP contribution >= 0.6 is 11.6 Å². The lowest BCUT2D eigenvalue weighted by molar-refractivity contribution is -0.145. The Morgan fingerprint density at radius 2 is 2.12 bits per heavy atom. The van der Waals surface area contributed by atoms with Crippen molar-refractivity contribution >= 4 is 28.5 Å². The summed E-state index contributed by atoms with van der Waals surface area (Å²) in [7, 11) is 0. The van der Waals surface area contributed by atoms with Gasteiger partial charge in [-0.05, 0) is 29.3 Å². The van der Waals surface area contributed by atoms with Crippen LogP contribution in [0.2, 0.25) is 5.02 Å². The Morgan fingerprint density at radius 1 is 1.27 bits per heavy atom. The average Bonchev–Trinajstić information content (AvgIpc) is 3.04. The molecule has 0 bridgehead atoms. The van der Waals surface area contributed by atoms with Crippen molar-refractivity contribution in [1.29, 1.82) is 0 Å². The summed E-state index contributed by atoms with van der Waals surface area (Å²) < 4.78 is 5.29. The monoisotopic (exact) mass is 366 g/mol. The quantitative estimate of drug-likeness (QED) is 0.538. The minimum atomic E-state index is -0.425. The van der Waals surface area contributed by atoms with Gasteiger partial charge in [0.05, 0.1) is 6.04 Å². The Kier molecular flexibility index (Phi) is 4.53. The highest BCUT2D eigenvalue weighted by atomic mass is 35.5. The summed E-state index contributed by atoms with van der Waals surface area (Å²) in [6.07, 6.45) is 2.15. The molecule has 2 aromatic carbocycles. The van der Waals surface area contributed by atoms with Crippen molar-refractivity contribution in [3.8, 4) is 0 Å². The van der Waals surface area contributed by atoms with Gasteiger partial charge in [0.2, 0.25) is 0 Å². The fourth-order valence-corrected chi connectivity index (χ4v) is 3.78. The second-order valence-corrected chi connectivity index (χ2v) is 6.83. The minimum absolute atomic E-state index is 0.161. The van der Waals surface area contributed by atoms with E-state index in [4.69, 9.17) is 16.3 Å². The molecule has 0 saturated carbocycles. The summed E-state index contributed by atoms with van der Waals surface area (Å²) in [5.41, 5.74) is 4.28. The zero-order valence-electron chi connectivity index (χ0n) is 14.2. The molecular formula is C21H19ClN2O2. The Morgan fingerprint density at radius 3 is 2.92 bits per heavy atom. The summed E-state index contributed by atoms with van der Waals surface area (Å²) in [5, 5.41) is 5.23. The number of carbonyl (C=O) groups is 1. The van der Waals surface area contributed by atoms with Gasteiger partial charge in [0, 0.05) is 28.0 Å². The van der Waals surface area contributed by atoms with E-state index in [2.05, 4.69) is 22.9 Å². The molecule has 1 unspecified atom stereocenters. The topological polar surface area (TPSA) is 54.1 Å². The molecule has 4 rings (SSSR count). The van der Waals surface area contributed by atoms with E-state index < -0.39 is 6.04 Å². The number of rotatable bonds is 4. The first-order valence-corrected chi connectivity index (χ1v) is 8.93. The molecule has 5 heteroatoms. The first-order valence-electron chi connectivity index (χ1n) is 8.56. The van der Waals surface area contributed by atoms with E-state index >= 15 is 0 Å². The fourth-order valence-electron chi connectivity index (χ4n) is 3.58. The van der Waals surface area contributed by atoms with Gasteiger partial charge in [-0.15, -0.1) is 0 Å². The smallest absolute Gasteiger partial charge is 0.323 e. The van der Waals surface area contributed by atoms with Crippen LogP contribution in [0.3, 0.4) is 0 Å². The number of para-hydroxylation sites is 1. The van der Waals surface area contributed by atoms with Crippen LogP contribution in [0.4, 0.5) is 0 Å². The Labute approximate surface area is 156 Å². The molecule has 2 atom stereocenters. The van der Waals surface area contributed by atoms with Gasteiger partial charge in [0.15, 0.2) is 0 Å². The Hall–Kier alpha value is -2.56. The number of nitrogens with one attached hydrogen (secondary N) is 2. The Bertz CT molecular complexity index is 979. The van der Waals surface area contributed by atoms with Gasteiger partial charge in [-0.1, -0.05) is 54.6 Å². The molecule has 0 amide bonds. The van der Waals surface area contributed by atoms with E-state index in [0.717, 1.165) is 27.7 Å². The van der Waals surface area contributed by atoms with Crippen molar-refractivity contribution in [2.45, 2.75) is 18.5 Å². The lowest BCUT2D eigenvalue weighted by atomic mass is 9.90. The molecule has 26 heavy (non-hydrogen) atoms. The predicted octanol–water partition coefficient (Wildman–Crippen LogP) is 4.15. The van der Waals surface area contributed by atoms with Crippen LogP contribution in [0.5, 0.6) is 0 Å². The third kappa shape index (κ3) is 3.02. The minimum Gasteiger partial charge on any atom is -0.460 e. The van der Waals surface area contributed by atoms with Crippen LogP contribution in [-0.4, -0.2) is 23.6 Å². The first-order chi connectivity index (χ1) is 12.7. The second-order valence-electron chi connectivity index (χ2n) is 6.39. The van der Waals surface area contributed by atoms with E-state index in [1.54, 1.807) is 6.08 Å². The third-order valence-electron chi connectivity index (χ3n) is 4.72. The van der Waals surface area contributed by atoms with E-state index in [0.29, 0.717) is 11.4 Å². The van der Waals surface area contributed by atoms with Gasteiger partial charge in [0.1, 0.15) is 12.6 Å². The maximum absolute atomic E-state index is 12.5. The molecule has 0 radical (unpaired) electrons. The van der Waals surface area contributed by atoms with Gasteiger partial charge < -0.3 is 9.72 Å². The summed E-state index contributed by atoms with van der Waals surface area (Å²) >= 11 is 6.20. The normalized spacial score (nSPS) is 19.1. The molecule has 2 N–H and O–H groups in total. The third-order valence-corrected chi connectivity index (χ3v) is 4.96. The van der Waals surface area contributed by atoms with E-state index in [-0.39, 0.29) is 18.6 Å². The standard InChI is InChI=1S/C21H19ClN2O2/c1-2-10-26-21(25)18-12-16-15-8-3-4-9-17(15)23-20(16)19(24-18)13-6-5-7-14(22)11-13/h2-9,11,18-19,23-24H,1,10,12H2/t18-,19?/m0/s1. The molecule has 0 aliphatic carbocycles. The first kappa shape index (κ1) is 16.9. The van der Waals surface area contributed by atoms with E-state index in [1.165, 1.54) is 0 Å². The maximum atomic E-state index is 12.5. The van der Waals surface area contributed by atoms with Gasteiger partial charge in [-0.25, -0.2) is 0 Å². The number of hydrogen-bond acceptors (Lipinski definition) is 3. The fraction of sp³-hybridized carbons (Fsp3) is 0.190. The summed E-state index contributed by atoms with van der Waals surface area (Å²) in [6.45, 7) is 3.81. The van der Waals surface area contributed by atoms with Crippen LogP contribution in [-0.2, 0) is 16.0 Å². The second kappa shape index (κ2) is 6.98. The van der Waals surface area contributed by atoms with Crippen molar-refractivity contribution in [3.63, 3.8) is 0 Å². The SMILES string of the molecule is C=CCOC(=O)[C@@H]1Cc2c([nH]c3ccccc23)C(c2cccc(Cl)c2)N1. The Balaban J connectivity index is 1.80. The van der Waals surface area contributed by atoms with E-state index in [9.17, 15) is 4.79 Å². The van der Waals surface area contributed by atoms with Crippen molar-refractivity contribution in [2.75, 3.05) is 6.61 Å². The number of H-pyrrole nitrogens is 1. The van der Waals surface area contributed by atoms with Crippen molar-refractivity contribution in [2.24, 2.45) is 0 Å². The molecular weight excluding hydrogens is 348 g/mol. The summed E-state index contributed by atoms with van der Waals surface area (Å²) in [4.78, 5) is 16.0. The average molecular weight is 367 g/mol. The van der Waals surface area contributed by atoms with Crippen molar-refractivity contribution in [1.82, 2.24) is 10.3 Å². The number of halogens is 1. The summed E-state index contributed by atoms with van der Waals surface area (Å²) in [5.74, 6) is -0.271. The maximum Gasteiger partial charge on any atom is 0.323 e. The number of fused-ring (bicyclic) bond motifs is 3. The highest BCUT2D eigenvalue weighted by Gasteiger charge is 2.34. The van der Waals surface area contributed by atoms with Gasteiger partial charge >= 0.3 is 5.97 Å². The van der Waals surface area contributed by atoms with Crippen molar-refractivity contribution < 1.29 is 9.53 Å². The molecule has 132 valence electrons. The predicted molar refractivity (Wildman–Crippen MR) is 103 cm³/mol. The molecule has 4 nitrogen and oxygen atoms in total. The molecule has 1 aliphatic heterocycles. The number of aromatic amines is 1. The highest BCUT2D eigenvalue weighted by Crippen LogP contribution is 2.35. The molecule has 1 aliphatic rings. The van der Waals surface area contributed by atoms with Crippen LogP contribution in [0, 0.1) is 0 Å². The molecule has 1 aromatic heterocycles. The number of benzene rings is 2. The number of ether oxygens (including phenoxy) is 1. The number of esters is 1. The van der Waals surface area contributed by atoms with Crippen LogP contribution in [0.1, 0.15) is 22.9 Å². The largest absolute Gasteiger partial charge is 0.460 e. The lowest BCUT2D eigenvalue weighted by Crippen LogP contribution is -2.45. The highest BCUT2D eigenvalue weighted by molar-refractivity contribution is 6.30. The van der Waals surface area contributed by atoms with Gasteiger partial charge in [-0.3, -0.25) is 10.1 Å². The zero-order valence-corrected chi connectivity index (χ0v) is 14.9. The van der Waals surface area contributed by atoms with Gasteiger partial charge in [-0.2, -0.15) is 0 Å². The number of carbonyl (C=O) groups excluding carboxylic acids is 1. The van der Waals surface area contributed by atoms with E-state index in [1.807, 2.05) is 42.5 Å². The molecule has 2 heterocycles. The number of hydrogen-bond donors (Lipinski definition) is 2. The molecule has 0 fully saturated rings. The van der Waals surface area contributed by atoms with Crippen LogP contribution in [0.15, 0.2) is 61.2 Å². The molecule has 0 saturated heterocycles. The summed E-state index contributed by atoms with van der Waals surface area (Å²) in [6, 6.07) is 15.3. The lowest BCUT2D eigenvalue weighted by Gasteiger charge is -2.30. The van der Waals surface area contributed by atoms with Crippen LogP contribution < -0.4 is 5.32 Å². The number of aromatic nitrogens is 1.